The van der Waals surface area contributed by atoms with E-state index in [-0.39, 0.29) is 17.5 Å². The Morgan fingerprint density at radius 3 is 2.66 bits per heavy atom. The van der Waals surface area contributed by atoms with Gasteiger partial charge in [-0.15, -0.1) is 0 Å². The quantitative estimate of drug-likeness (QED) is 0.329. The number of hydrogen-bond donors (Lipinski definition) is 1. The molecule has 3 aromatic rings. The molecule has 4 heteroatoms. The maximum atomic E-state index is 13.4. The molecule has 0 saturated heterocycles. The minimum Gasteiger partial charge on any atom is -0.313 e. The molecule has 2 aromatic carbocycles. The van der Waals surface area contributed by atoms with Crippen molar-refractivity contribution in [2.24, 2.45) is 5.92 Å². The molecule has 1 fully saturated rings. The molecule has 150 valence electrons. The molecule has 0 radical (unpaired) electrons. The molecule has 0 bridgehead atoms. The predicted octanol–water partition coefficient (Wildman–Crippen LogP) is 5.83. The van der Waals surface area contributed by atoms with Crippen LogP contribution in [0, 0.1) is 11.3 Å². The number of nitrogens with zero attached hydrogens (tertiary/aromatic N) is 2. The van der Waals surface area contributed by atoms with Crippen LogP contribution in [0.3, 0.4) is 0 Å². The number of rotatable bonds is 6. The van der Waals surface area contributed by atoms with E-state index in [1.54, 1.807) is 6.33 Å². The summed E-state index contributed by atoms with van der Waals surface area (Å²) in [5.74, 6) is 0.129. The zero-order valence-electron chi connectivity index (χ0n) is 17.1. The molecule has 1 N–H and O–H groups in total. The molecule has 0 aliphatic heterocycles. The molecule has 1 aliphatic carbocycles. The van der Waals surface area contributed by atoms with Crippen LogP contribution in [0.5, 0.6) is 0 Å². The molecular formula is C25H29N3O. The number of allylic oxidation sites excluding steroid dienone is 2. The van der Waals surface area contributed by atoms with Crippen molar-refractivity contribution in [2.45, 2.75) is 57.9 Å². The van der Waals surface area contributed by atoms with E-state index in [1.165, 1.54) is 25.5 Å². The van der Waals surface area contributed by atoms with Crippen LogP contribution in [0.1, 0.15) is 57.1 Å². The summed E-state index contributed by atoms with van der Waals surface area (Å²) in [6.45, 7) is 2.01. The van der Waals surface area contributed by atoms with Gasteiger partial charge in [-0.3, -0.25) is 9.36 Å². The molecule has 4 rings (SSSR count). The van der Waals surface area contributed by atoms with Crippen LogP contribution in [-0.2, 0) is 6.42 Å². The monoisotopic (exact) mass is 387 g/mol. The normalized spacial score (nSPS) is 16.6. The van der Waals surface area contributed by atoms with Gasteiger partial charge in [-0.2, -0.15) is 0 Å². The van der Waals surface area contributed by atoms with Crippen LogP contribution >= 0.6 is 0 Å². The molecule has 1 aliphatic rings. The molecular weight excluding hydrogens is 358 g/mol. The summed E-state index contributed by atoms with van der Waals surface area (Å²) < 4.78 is 1.87. The second kappa shape index (κ2) is 8.73. The minimum absolute atomic E-state index is 0.0776. The van der Waals surface area contributed by atoms with E-state index in [1.807, 2.05) is 35.8 Å². The minimum atomic E-state index is 0.0776. The third kappa shape index (κ3) is 3.89. The van der Waals surface area contributed by atoms with E-state index in [2.05, 4.69) is 18.2 Å². The van der Waals surface area contributed by atoms with E-state index < -0.39 is 0 Å². The first kappa shape index (κ1) is 19.6. The average Bonchev–Trinajstić information content (AvgIpc) is 2.77. The second-order valence-corrected chi connectivity index (χ2v) is 8.16. The van der Waals surface area contributed by atoms with Gasteiger partial charge in [0.1, 0.15) is 0 Å². The van der Waals surface area contributed by atoms with Crippen LogP contribution in [0.2, 0.25) is 0 Å². The van der Waals surface area contributed by atoms with Crippen LogP contribution in [0.25, 0.3) is 21.7 Å². The van der Waals surface area contributed by atoms with E-state index in [0.717, 1.165) is 47.5 Å². The van der Waals surface area contributed by atoms with Crippen LogP contribution in [0.15, 0.2) is 53.6 Å². The molecule has 1 unspecified atom stereocenters. The standard InChI is InChI=1S/C25H29N3O/c1-2-3-9-18(16-26)14-19-15-23-24(22-13-8-7-12-21(19)22)27-17-28(25(23)29)20-10-5-4-6-11-20/h2-3,7-8,12-13,15-18,20,26H,4-6,9-11,14H2,1H3/b3-2+,26-16?. The van der Waals surface area contributed by atoms with E-state index >= 15 is 0 Å². The number of hydrogen-bond acceptors (Lipinski definition) is 3. The van der Waals surface area contributed by atoms with Gasteiger partial charge in [0.05, 0.1) is 17.2 Å². The van der Waals surface area contributed by atoms with Crippen molar-refractivity contribution in [1.82, 2.24) is 9.55 Å². The second-order valence-electron chi connectivity index (χ2n) is 8.16. The number of nitrogens with one attached hydrogen (secondary N) is 1. The lowest BCUT2D eigenvalue weighted by molar-refractivity contribution is 0.345. The summed E-state index contributed by atoms with van der Waals surface area (Å²) in [6, 6.07) is 10.5. The molecule has 1 aromatic heterocycles. The summed E-state index contributed by atoms with van der Waals surface area (Å²) in [5, 5.41) is 10.7. The Morgan fingerprint density at radius 2 is 1.93 bits per heavy atom. The van der Waals surface area contributed by atoms with Gasteiger partial charge in [-0.25, -0.2) is 4.98 Å². The van der Waals surface area contributed by atoms with E-state index in [9.17, 15) is 4.79 Å². The van der Waals surface area contributed by atoms with Gasteiger partial charge in [0.25, 0.3) is 5.56 Å². The summed E-state index contributed by atoms with van der Waals surface area (Å²) in [7, 11) is 0. The Labute approximate surface area is 171 Å². The van der Waals surface area contributed by atoms with Crippen LogP contribution < -0.4 is 5.56 Å². The molecule has 1 atom stereocenters. The highest BCUT2D eigenvalue weighted by Gasteiger charge is 2.19. The third-order valence-corrected chi connectivity index (χ3v) is 6.24. The van der Waals surface area contributed by atoms with Gasteiger partial charge in [0, 0.05) is 17.3 Å². The van der Waals surface area contributed by atoms with Crippen LogP contribution in [-0.4, -0.2) is 15.8 Å². The Hall–Kier alpha value is -2.75. The fourth-order valence-electron chi connectivity index (χ4n) is 4.64. The SMILES string of the molecule is C/C=C/CC(C=N)Cc1cc2c(=O)n(C3CCCCC3)cnc2c2ccccc12. The molecule has 4 nitrogen and oxygen atoms in total. The molecule has 0 amide bonds. The highest BCUT2D eigenvalue weighted by Crippen LogP contribution is 2.30. The average molecular weight is 388 g/mol. The highest BCUT2D eigenvalue weighted by atomic mass is 16.1. The maximum absolute atomic E-state index is 13.4. The van der Waals surface area contributed by atoms with Crippen molar-refractivity contribution in [1.29, 1.82) is 5.41 Å². The van der Waals surface area contributed by atoms with Crippen molar-refractivity contribution in [3.8, 4) is 0 Å². The highest BCUT2D eigenvalue weighted by molar-refractivity contribution is 6.06. The summed E-state index contributed by atoms with van der Waals surface area (Å²) >= 11 is 0. The zero-order chi connectivity index (χ0) is 20.2. The van der Waals surface area contributed by atoms with Gasteiger partial charge in [0.15, 0.2) is 0 Å². The third-order valence-electron chi connectivity index (χ3n) is 6.24. The van der Waals surface area contributed by atoms with Crippen molar-refractivity contribution in [3.63, 3.8) is 0 Å². The molecule has 1 heterocycles. The van der Waals surface area contributed by atoms with Gasteiger partial charge in [-0.1, -0.05) is 55.7 Å². The van der Waals surface area contributed by atoms with Gasteiger partial charge >= 0.3 is 0 Å². The van der Waals surface area contributed by atoms with E-state index in [0.29, 0.717) is 5.39 Å². The smallest absolute Gasteiger partial charge is 0.261 e. The fraction of sp³-hybridized carbons (Fsp3) is 0.400. The summed E-state index contributed by atoms with van der Waals surface area (Å²) in [6.07, 6.45) is 14.8. The van der Waals surface area contributed by atoms with E-state index in [4.69, 9.17) is 10.4 Å². The summed E-state index contributed by atoms with van der Waals surface area (Å²) in [5.41, 5.74) is 2.00. The lowest BCUT2D eigenvalue weighted by atomic mass is 9.91. The Balaban J connectivity index is 1.86. The molecule has 29 heavy (non-hydrogen) atoms. The lowest BCUT2D eigenvalue weighted by Crippen LogP contribution is -2.26. The fourth-order valence-corrected chi connectivity index (χ4v) is 4.64. The van der Waals surface area contributed by atoms with Crippen molar-refractivity contribution >= 4 is 27.9 Å². The van der Waals surface area contributed by atoms with Crippen molar-refractivity contribution in [3.05, 3.63) is 64.7 Å². The molecule has 1 saturated carbocycles. The number of benzene rings is 2. The Kier molecular flexibility index (Phi) is 5.89. The largest absolute Gasteiger partial charge is 0.313 e. The molecule has 0 spiro atoms. The summed E-state index contributed by atoms with van der Waals surface area (Å²) in [4.78, 5) is 18.2. The van der Waals surface area contributed by atoms with Crippen molar-refractivity contribution in [2.75, 3.05) is 0 Å². The van der Waals surface area contributed by atoms with Gasteiger partial charge in [0.2, 0.25) is 0 Å². The first-order chi connectivity index (χ1) is 14.2. The first-order valence-electron chi connectivity index (χ1n) is 10.8. The Morgan fingerprint density at radius 1 is 1.17 bits per heavy atom. The number of aromatic nitrogens is 2. The zero-order valence-corrected chi connectivity index (χ0v) is 17.1. The number of fused-ring (bicyclic) bond motifs is 3. The van der Waals surface area contributed by atoms with Gasteiger partial charge in [-0.05, 0) is 55.8 Å². The predicted molar refractivity (Wildman–Crippen MR) is 121 cm³/mol. The van der Waals surface area contributed by atoms with Gasteiger partial charge < -0.3 is 5.41 Å². The lowest BCUT2D eigenvalue weighted by Gasteiger charge is -2.24. The topological polar surface area (TPSA) is 58.7 Å². The Bertz CT molecular complexity index is 1110. The van der Waals surface area contributed by atoms with Crippen molar-refractivity contribution < 1.29 is 0 Å². The van der Waals surface area contributed by atoms with Crippen LogP contribution in [0.4, 0.5) is 0 Å². The maximum Gasteiger partial charge on any atom is 0.261 e. The first-order valence-corrected chi connectivity index (χ1v) is 10.8.